The minimum atomic E-state index is 0.0294. The van der Waals surface area contributed by atoms with E-state index in [2.05, 4.69) is 10.2 Å². The van der Waals surface area contributed by atoms with E-state index in [1.807, 2.05) is 24.3 Å². The van der Waals surface area contributed by atoms with Crippen LogP contribution in [0.4, 0.5) is 5.69 Å². The molecule has 1 amide bonds. The van der Waals surface area contributed by atoms with E-state index in [9.17, 15) is 9.59 Å². The summed E-state index contributed by atoms with van der Waals surface area (Å²) in [6, 6.07) is 7.90. The molecule has 4 nitrogen and oxygen atoms in total. The quantitative estimate of drug-likeness (QED) is 0.824. The van der Waals surface area contributed by atoms with Crippen LogP contribution >= 0.6 is 0 Å². The highest BCUT2D eigenvalue weighted by Gasteiger charge is 2.21. The fourth-order valence-corrected chi connectivity index (χ4v) is 2.43. The van der Waals surface area contributed by atoms with Crippen molar-refractivity contribution in [1.29, 1.82) is 0 Å². The first-order valence-electron chi connectivity index (χ1n) is 6.27. The van der Waals surface area contributed by atoms with Crippen molar-refractivity contribution in [2.24, 2.45) is 0 Å². The lowest BCUT2D eigenvalue weighted by molar-refractivity contribution is -0.119. The summed E-state index contributed by atoms with van der Waals surface area (Å²) in [5.41, 5.74) is 1.73. The Morgan fingerprint density at radius 1 is 1.33 bits per heavy atom. The van der Waals surface area contributed by atoms with Gasteiger partial charge in [-0.3, -0.25) is 9.59 Å². The summed E-state index contributed by atoms with van der Waals surface area (Å²) in [6.07, 6.45) is 2.74. The second-order valence-electron chi connectivity index (χ2n) is 4.64. The maximum Gasteiger partial charge on any atom is 0.217 e. The molecule has 1 N–H and O–H groups in total. The van der Waals surface area contributed by atoms with Gasteiger partial charge < -0.3 is 10.2 Å². The number of carbonyl (C=O) groups is 2. The fourth-order valence-electron chi connectivity index (χ4n) is 2.43. The Balaban J connectivity index is 2.01. The molecule has 96 valence electrons. The van der Waals surface area contributed by atoms with E-state index < -0.39 is 0 Å². The van der Waals surface area contributed by atoms with E-state index in [0.717, 1.165) is 43.5 Å². The van der Waals surface area contributed by atoms with Crippen molar-refractivity contribution in [3.8, 4) is 0 Å². The highest BCUT2D eigenvalue weighted by atomic mass is 16.1. The summed E-state index contributed by atoms with van der Waals surface area (Å²) in [6.45, 7) is 3.29. The highest BCUT2D eigenvalue weighted by Crippen LogP contribution is 2.22. The van der Waals surface area contributed by atoms with Crippen molar-refractivity contribution >= 4 is 17.9 Å². The lowest BCUT2D eigenvalue weighted by atomic mass is 10.0. The van der Waals surface area contributed by atoms with E-state index in [4.69, 9.17) is 0 Å². The van der Waals surface area contributed by atoms with Gasteiger partial charge in [-0.15, -0.1) is 0 Å². The number of benzene rings is 1. The van der Waals surface area contributed by atoms with Gasteiger partial charge in [0.15, 0.2) is 6.29 Å². The van der Waals surface area contributed by atoms with Gasteiger partial charge in [0.05, 0.1) is 0 Å². The molecule has 0 spiro atoms. The van der Waals surface area contributed by atoms with Crippen LogP contribution < -0.4 is 10.2 Å². The first-order chi connectivity index (χ1) is 8.70. The standard InChI is InChI=1S/C14H18N2O2/c1-11(18)15-13-6-8-16(9-7-13)14-5-3-2-4-12(14)10-17/h2-5,10,13H,6-9H2,1H3,(H,15,18). The molecule has 1 fully saturated rings. The van der Waals surface area contributed by atoms with Crippen LogP contribution in [0.25, 0.3) is 0 Å². The number of nitrogens with one attached hydrogen (secondary N) is 1. The number of anilines is 1. The molecule has 1 aliphatic rings. The molecule has 18 heavy (non-hydrogen) atoms. The zero-order chi connectivity index (χ0) is 13.0. The molecular formula is C14H18N2O2. The maximum atomic E-state index is 11.0. The molecule has 0 unspecified atom stereocenters. The van der Waals surface area contributed by atoms with Crippen molar-refractivity contribution in [3.63, 3.8) is 0 Å². The van der Waals surface area contributed by atoms with Crippen LogP contribution in [0.1, 0.15) is 30.1 Å². The molecule has 1 aromatic carbocycles. The predicted octanol–water partition coefficient (Wildman–Crippen LogP) is 1.60. The molecule has 1 saturated heterocycles. The Hall–Kier alpha value is -1.84. The molecule has 0 aliphatic carbocycles. The fraction of sp³-hybridized carbons (Fsp3) is 0.429. The van der Waals surface area contributed by atoms with Crippen LogP contribution in [0.15, 0.2) is 24.3 Å². The molecule has 0 radical (unpaired) electrons. The molecule has 1 heterocycles. The Labute approximate surface area is 107 Å². The van der Waals surface area contributed by atoms with Crippen molar-refractivity contribution in [3.05, 3.63) is 29.8 Å². The molecular weight excluding hydrogens is 228 g/mol. The van der Waals surface area contributed by atoms with Gasteiger partial charge in [-0.25, -0.2) is 0 Å². The van der Waals surface area contributed by atoms with Crippen LogP contribution in [0, 0.1) is 0 Å². The minimum absolute atomic E-state index is 0.0294. The van der Waals surface area contributed by atoms with E-state index in [0.29, 0.717) is 0 Å². The number of carbonyl (C=O) groups excluding carboxylic acids is 2. The van der Waals surface area contributed by atoms with Gasteiger partial charge in [0.25, 0.3) is 0 Å². The Morgan fingerprint density at radius 3 is 2.61 bits per heavy atom. The number of rotatable bonds is 3. The van der Waals surface area contributed by atoms with E-state index >= 15 is 0 Å². The number of nitrogens with zero attached hydrogens (tertiary/aromatic N) is 1. The normalized spacial score (nSPS) is 16.4. The number of hydrogen-bond donors (Lipinski definition) is 1. The molecule has 1 aliphatic heterocycles. The number of amides is 1. The van der Waals surface area contributed by atoms with Gasteiger partial charge in [0, 0.05) is 37.3 Å². The lowest BCUT2D eigenvalue weighted by Crippen LogP contribution is -2.44. The van der Waals surface area contributed by atoms with E-state index in [-0.39, 0.29) is 11.9 Å². The summed E-state index contributed by atoms with van der Waals surface area (Å²) in [5.74, 6) is 0.0294. The molecule has 1 aromatic rings. The third kappa shape index (κ3) is 2.88. The number of piperidine rings is 1. The third-order valence-electron chi connectivity index (χ3n) is 3.31. The Bertz CT molecular complexity index is 437. The maximum absolute atomic E-state index is 11.0. The van der Waals surface area contributed by atoms with Gasteiger partial charge in [0.2, 0.25) is 5.91 Å². The summed E-state index contributed by atoms with van der Waals surface area (Å²) in [7, 11) is 0. The van der Waals surface area contributed by atoms with Crippen LogP contribution in [0.5, 0.6) is 0 Å². The zero-order valence-electron chi connectivity index (χ0n) is 10.6. The first kappa shape index (κ1) is 12.6. The van der Waals surface area contributed by atoms with Gasteiger partial charge >= 0.3 is 0 Å². The van der Waals surface area contributed by atoms with Crippen molar-refractivity contribution in [2.45, 2.75) is 25.8 Å². The summed E-state index contributed by atoms with van der Waals surface area (Å²) in [4.78, 5) is 24.2. The van der Waals surface area contributed by atoms with Crippen molar-refractivity contribution < 1.29 is 9.59 Å². The smallest absolute Gasteiger partial charge is 0.217 e. The molecule has 0 aromatic heterocycles. The average molecular weight is 246 g/mol. The van der Waals surface area contributed by atoms with E-state index in [1.165, 1.54) is 0 Å². The Kier molecular flexibility index (Phi) is 3.97. The summed E-state index contributed by atoms with van der Waals surface area (Å²) < 4.78 is 0. The number of para-hydroxylation sites is 1. The van der Waals surface area contributed by atoms with Gasteiger partial charge in [-0.05, 0) is 25.0 Å². The highest BCUT2D eigenvalue weighted by molar-refractivity contribution is 5.84. The molecule has 0 saturated carbocycles. The largest absolute Gasteiger partial charge is 0.371 e. The van der Waals surface area contributed by atoms with E-state index in [1.54, 1.807) is 6.92 Å². The summed E-state index contributed by atoms with van der Waals surface area (Å²) in [5, 5.41) is 2.95. The second kappa shape index (κ2) is 5.67. The first-order valence-corrected chi connectivity index (χ1v) is 6.27. The molecule has 4 heteroatoms. The van der Waals surface area contributed by atoms with Crippen LogP contribution in [0.3, 0.4) is 0 Å². The lowest BCUT2D eigenvalue weighted by Gasteiger charge is -2.34. The Morgan fingerprint density at radius 2 is 2.00 bits per heavy atom. The number of aldehydes is 1. The average Bonchev–Trinajstić information content (AvgIpc) is 2.39. The van der Waals surface area contributed by atoms with Crippen molar-refractivity contribution in [2.75, 3.05) is 18.0 Å². The van der Waals surface area contributed by atoms with Gasteiger partial charge in [0.1, 0.15) is 0 Å². The topological polar surface area (TPSA) is 49.4 Å². The number of hydrogen-bond acceptors (Lipinski definition) is 3. The summed E-state index contributed by atoms with van der Waals surface area (Å²) >= 11 is 0. The minimum Gasteiger partial charge on any atom is -0.371 e. The van der Waals surface area contributed by atoms with Crippen LogP contribution in [-0.2, 0) is 4.79 Å². The SMILES string of the molecule is CC(=O)NC1CCN(c2ccccc2C=O)CC1. The monoisotopic (exact) mass is 246 g/mol. The molecule has 0 bridgehead atoms. The van der Waals surface area contributed by atoms with Gasteiger partial charge in [-0.2, -0.15) is 0 Å². The van der Waals surface area contributed by atoms with Crippen molar-refractivity contribution in [1.82, 2.24) is 5.32 Å². The third-order valence-corrected chi connectivity index (χ3v) is 3.31. The molecule has 0 atom stereocenters. The second-order valence-corrected chi connectivity index (χ2v) is 4.64. The zero-order valence-corrected chi connectivity index (χ0v) is 10.6. The van der Waals surface area contributed by atoms with Gasteiger partial charge in [-0.1, -0.05) is 12.1 Å². The molecule has 2 rings (SSSR count). The van der Waals surface area contributed by atoms with Crippen LogP contribution in [0.2, 0.25) is 0 Å². The van der Waals surface area contributed by atoms with Crippen LogP contribution in [-0.4, -0.2) is 31.3 Å². The predicted molar refractivity (Wildman–Crippen MR) is 70.9 cm³/mol.